The van der Waals surface area contributed by atoms with Crippen LogP contribution in [0.3, 0.4) is 0 Å². The van der Waals surface area contributed by atoms with E-state index in [0.29, 0.717) is 17.1 Å². The molecule has 0 bridgehead atoms. The Labute approximate surface area is 91.8 Å². The van der Waals surface area contributed by atoms with Crippen LogP contribution in [-0.2, 0) is 4.84 Å². The summed E-state index contributed by atoms with van der Waals surface area (Å²) in [5, 5.41) is 0. The molecule has 6 heteroatoms. The van der Waals surface area contributed by atoms with Gasteiger partial charge in [-0.2, -0.15) is 0 Å². The van der Waals surface area contributed by atoms with Gasteiger partial charge in [-0.25, -0.2) is 15.4 Å². The molecule has 0 saturated carbocycles. The van der Waals surface area contributed by atoms with Crippen molar-refractivity contribution < 1.29 is 9.63 Å². The van der Waals surface area contributed by atoms with Crippen molar-refractivity contribution in [2.75, 3.05) is 0 Å². The maximum absolute atomic E-state index is 11.1. The Morgan fingerprint density at radius 1 is 1.56 bits per heavy atom. The Kier molecular flexibility index (Phi) is 2.55. The second kappa shape index (κ2) is 4.01. The monoisotopic (exact) mass is 218 g/mol. The molecule has 1 aromatic rings. The van der Waals surface area contributed by atoms with E-state index in [1.165, 1.54) is 6.20 Å². The lowest BCUT2D eigenvalue weighted by molar-refractivity contribution is 0.0994. The van der Waals surface area contributed by atoms with Crippen molar-refractivity contribution in [1.29, 1.82) is 0 Å². The first kappa shape index (κ1) is 10.2. The first-order valence-electron chi connectivity index (χ1n) is 4.61. The van der Waals surface area contributed by atoms with Gasteiger partial charge < -0.3 is 10.6 Å². The van der Waals surface area contributed by atoms with Crippen molar-refractivity contribution in [2.45, 2.75) is 6.92 Å². The fourth-order valence-corrected chi connectivity index (χ4v) is 1.24. The van der Waals surface area contributed by atoms with Crippen molar-refractivity contribution in [2.24, 2.45) is 5.73 Å². The summed E-state index contributed by atoms with van der Waals surface area (Å²) in [5.41, 5.74) is 8.58. The van der Waals surface area contributed by atoms with Gasteiger partial charge in [-0.3, -0.25) is 4.79 Å². The van der Waals surface area contributed by atoms with Gasteiger partial charge in [-0.05, 0) is 24.6 Å². The van der Waals surface area contributed by atoms with E-state index in [4.69, 9.17) is 10.6 Å². The zero-order valence-corrected chi connectivity index (χ0v) is 8.60. The number of hydrogen-bond donors (Lipinski definition) is 2. The standard InChI is InChI=1S/C10H10N4O2/c1-6-5-12-10(14-8(6)9(11)15)7-3-2-4-13-16-7/h2-5,13H,1H3,(H2,11,15). The smallest absolute Gasteiger partial charge is 0.267 e. The van der Waals surface area contributed by atoms with Gasteiger partial charge >= 0.3 is 0 Å². The average molecular weight is 218 g/mol. The Morgan fingerprint density at radius 2 is 2.38 bits per heavy atom. The van der Waals surface area contributed by atoms with Crippen LogP contribution in [0.25, 0.3) is 5.76 Å². The molecule has 2 rings (SSSR count). The van der Waals surface area contributed by atoms with E-state index < -0.39 is 5.91 Å². The minimum absolute atomic E-state index is 0.198. The van der Waals surface area contributed by atoms with Crippen LogP contribution < -0.4 is 11.2 Å². The molecule has 1 aliphatic rings. The molecule has 16 heavy (non-hydrogen) atoms. The van der Waals surface area contributed by atoms with E-state index in [9.17, 15) is 4.79 Å². The third-order valence-electron chi connectivity index (χ3n) is 2.01. The molecule has 2 heterocycles. The fraction of sp³-hybridized carbons (Fsp3) is 0.100. The SMILES string of the molecule is Cc1cnc(C2=CC=CNO2)nc1C(N)=O. The van der Waals surface area contributed by atoms with Gasteiger partial charge in [0.2, 0.25) is 0 Å². The molecule has 0 aromatic carbocycles. The number of amides is 1. The number of rotatable bonds is 2. The first-order chi connectivity index (χ1) is 7.68. The zero-order valence-electron chi connectivity index (χ0n) is 8.60. The summed E-state index contributed by atoms with van der Waals surface area (Å²) in [7, 11) is 0. The maximum atomic E-state index is 11.1. The van der Waals surface area contributed by atoms with Gasteiger partial charge in [0.05, 0.1) is 0 Å². The normalized spacial score (nSPS) is 13.7. The average Bonchev–Trinajstić information content (AvgIpc) is 2.30. The van der Waals surface area contributed by atoms with Crippen LogP contribution in [0.15, 0.2) is 24.5 Å². The zero-order chi connectivity index (χ0) is 11.5. The Morgan fingerprint density at radius 3 is 3.00 bits per heavy atom. The van der Waals surface area contributed by atoms with Crippen LogP contribution in [0.1, 0.15) is 21.9 Å². The minimum Gasteiger partial charge on any atom is -0.379 e. The van der Waals surface area contributed by atoms with E-state index in [2.05, 4.69) is 15.4 Å². The second-order valence-electron chi connectivity index (χ2n) is 3.20. The van der Waals surface area contributed by atoms with Crippen LogP contribution in [0.2, 0.25) is 0 Å². The Bertz CT molecular complexity index is 494. The van der Waals surface area contributed by atoms with Crippen LogP contribution in [0.4, 0.5) is 0 Å². The van der Waals surface area contributed by atoms with Gasteiger partial charge in [-0.1, -0.05) is 0 Å². The summed E-state index contributed by atoms with van der Waals surface area (Å²) in [4.78, 5) is 24.3. The fourth-order valence-electron chi connectivity index (χ4n) is 1.24. The summed E-state index contributed by atoms with van der Waals surface area (Å²) < 4.78 is 0. The number of hydrogen-bond acceptors (Lipinski definition) is 5. The second-order valence-corrected chi connectivity index (χ2v) is 3.20. The molecule has 6 nitrogen and oxygen atoms in total. The molecular formula is C10H10N4O2. The first-order valence-corrected chi connectivity index (χ1v) is 4.61. The van der Waals surface area contributed by atoms with E-state index in [0.717, 1.165) is 0 Å². The van der Waals surface area contributed by atoms with Crippen molar-refractivity contribution >= 4 is 11.7 Å². The van der Waals surface area contributed by atoms with Crippen molar-refractivity contribution in [3.63, 3.8) is 0 Å². The Hall–Kier alpha value is -2.37. The lowest BCUT2D eigenvalue weighted by atomic mass is 10.2. The summed E-state index contributed by atoms with van der Waals surface area (Å²) in [6.45, 7) is 1.72. The lowest BCUT2D eigenvalue weighted by Gasteiger charge is -2.11. The van der Waals surface area contributed by atoms with Crippen LogP contribution in [0, 0.1) is 6.92 Å². The van der Waals surface area contributed by atoms with Gasteiger partial charge in [0.1, 0.15) is 5.69 Å². The number of carbonyl (C=O) groups excluding carboxylic acids is 1. The molecule has 1 aromatic heterocycles. The molecule has 0 saturated heterocycles. The van der Waals surface area contributed by atoms with Gasteiger partial charge in [0, 0.05) is 12.4 Å². The number of nitrogens with two attached hydrogens (primary N) is 1. The van der Waals surface area contributed by atoms with Crippen LogP contribution in [0.5, 0.6) is 0 Å². The molecule has 0 unspecified atom stereocenters. The highest BCUT2D eigenvalue weighted by atomic mass is 16.6. The molecule has 0 spiro atoms. The van der Waals surface area contributed by atoms with Gasteiger partial charge in [0.25, 0.3) is 5.91 Å². The number of aryl methyl sites for hydroxylation is 1. The molecular weight excluding hydrogens is 208 g/mol. The number of aromatic nitrogens is 2. The van der Waals surface area contributed by atoms with E-state index in [1.807, 2.05) is 0 Å². The molecule has 82 valence electrons. The molecule has 0 fully saturated rings. The minimum atomic E-state index is -0.582. The number of primary amides is 1. The van der Waals surface area contributed by atoms with Crippen LogP contribution in [-0.4, -0.2) is 15.9 Å². The number of carbonyl (C=O) groups is 1. The lowest BCUT2D eigenvalue weighted by Crippen LogP contribution is -2.18. The highest BCUT2D eigenvalue weighted by molar-refractivity contribution is 5.92. The summed E-state index contributed by atoms with van der Waals surface area (Å²) >= 11 is 0. The molecule has 0 atom stereocenters. The Balaban J connectivity index is 2.43. The number of hydroxylamine groups is 1. The molecule has 0 radical (unpaired) electrons. The summed E-state index contributed by atoms with van der Waals surface area (Å²) in [6.07, 6.45) is 6.58. The van der Waals surface area contributed by atoms with Crippen molar-refractivity contribution in [3.05, 3.63) is 41.6 Å². The topological polar surface area (TPSA) is 90.1 Å². The number of nitrogens with one attached hydrogen (secondary N) is 1. The summed E-state index contributed by atoms with van der Waals surface area (Å²) in [6, 6.07) is 0. The van der Waals surface area contributed by atoms with E-state index in [1.54, 1.807) is 25.3 Å². The molecule has 1 aliphatic heterocycles. The van der Waals surface area contributed by atoms with Gasteiger partial charge in [-0.15, -0.1) is 0 Å². The molecule has 0 aliphatic carbocycles. The highest BCUT2D eigenvalue weighted by Gasteiger charge is 2.13. The van der Waals surface area contributed by atoms with Crippen molar-refractivity contribution in [1.82, 2.24) is 15.4 Å². The quantitative estimate of drug-likeness (QED) is 0.743. The van der Waals surface area contributed by atoms with Crippen molar-refractivity contribution in [3.8, 4) is 0 Å². The third-order valence-corrected chi connectivity index (χ3v) is 2.01. The predicted molar refractivity (Wildman–Crippen MR) is 56.6 cm³/mol. The van der Waals surface area contributed by atoms with E-state index in [-0.39, 0.29) is 5.69 Å². The molecule has 3 N–H and O–H groups in total. The maximum Gasteiger partial charge on any atom is 0.267 e. The summed E-state index contributed by atoms with van der Waals surface area (Å²) in [5.74, 6) is 0.169. The molecule has 1 amide bonds. The third kappa shape index (κ3) is 1.85. The number of allylic oxidation sites excluding steroid dienone is 2. The highest BCUT2D eigenvalue weighted by Crippen LogP contribution is 2.14. The predicted octanol–water partition coefficient (Wildman–Crippen LogP) is 0.273. The van der Waals surface area contributed by atoms with Gasteiger partial charge in [0.15, 0.2) is 11.6 Å². The van der Waals surface area contributed by atoms with E-state index >= 15 is 0 Å². The number of nitrogens with zero attached hydrogens (tertiary/aromatic N) is 2. The van der Waals surface area contributed by atoms with Crippen LogP contribution >= 0.6 is 0 Å². The largest absolute Gasteiger partial charge is 0.379 e.